The zero-order valence-electron chi connectivity index (χ0n) is 13.6. The molecule has 0 bridgehead atoms. The maximum absolute atomic E-state index is 13.0. The Hall–Kier alpha value is -1.42. The summed E-state index contributed by atoms with van der Waals surface area (Å²) in [7, 11) is 0. The summed E-state index contributed by atoms with van der Waals surface area (Å²) < 4.78 is 0. The van der Waals surface area contributed by atoms with Gasteiger partial charge in [-0.15, -0.1) is 0 Å². The molecule has 0 radical (unpaired) electrons. The number of pyridine rings is 1. The van der Waals surface area contributed by atoms with E-state index < -0.39 is 5.41 Å². The van der Waals surface area contributed by atoms with Gasteiger partial charge in [-0.05, 0) is 37.5 Å². The fraction of sp³-hybridized carbons (Fsp3) is 0.647. The van der Waals surface area contributed by atoms with Crippen molar-refractivity contribution in [1.82, 2.24) is 9.88 Å². The Labute approximate surface area is 128 Å². The summed E-state index contributed by atoms with van der Waals surface area (Å²) in [6.45, 7) is 8.03. The molecule has 4 nitrogen and oxygen atoms in total. The minimum Gasteiger partial charge on any atom is -0.338 e. The van der Waals surface area contributed by atoms with Gasteiger partial charge in [-0.2, -0.15) is 0 Å². The summed E-state index contributed by atoms with van der Waals surface area (Å²) in [5, 5.41) is 0. The summed E-state index contributed by atoms with van der Waals surface area (Å²) in [5.41, 5.74) is 6.72. The van der Waals surface area contributed by atoms with Crippen LogP contribution in [0.4, 0.5) is 0 Å². The first-order valence-electron chi connectivity index (χ1n) is 8.01. The molecule has 0 aliphatic rings. The second kappa shape index (κ2) is 8.78. The highest BCUT2D eigenvalue weighted by molar-refractivity contribution is 5.83. The van der Waals surface area contributed by atoms with Gasteiger partial charge in [0.15, 0.2) is 0 Å². The highest BCUT2D eigenvalue weighted by Gasteiger charge is 2.37. The van der Waals surface area contributed by atoms with Gasteiger partial charge in [-0.25, -0.2) is 0 Å². The first-order valence-corrected chi connectivity index (χ1v) is 8.01. The molecule has 1 amide bonds. The lowest BCUT2D eigenvalue weighted by molar-refractivity contribution is -0.143. The smallest absolute Gasteiger partial charge is 0.230 e. The predicted molar refractivity (Wildman–Crippen MR) is 86.6 cm³/mol. The molecule has 0 saturated heterocycles. The lowest BCUT2D eigenvalue weighted by Crippen LogP contribution is -2.47. The van der Waals surface area contributed by atoms with E-state index in [1.54, 1.807) is 12.4 Å². The SMILES string of the molecule is CCCC(CN)(CCC)C(=O)N(CC)Cc1ccncc1. The number of nitrogens with two attached hydrogens (primary N) is 1. The van der Waals surface area contributed by atoms with Crippen molar-refractivity contribution in [2.45, 2.75) is 53.0 Å². The molecule has 1 aromatic heterocycles. The van der Waals surface area contributed by atoms with Gasteiger partial charge < -0.3 is 10.6 Å². The number of amides is 1. The van der Waals surface area contributed by atoms with E-state index in [2.05, 4.69) is 18.8 Å². The molecule has 1 heterocycles. The largest absolute Gasteiger partial charge is 0.338 e. The molecule has 0 unspecified atom stereocenters. The topological polar surface area (TPSA) is 59.2 Å². The van der Waals surface area contributed by atoms with Crippen molar-refractivity contribution >= 4 is 5.91 Å². The van der Waals surface area contributed by atoms with Crippen LogP contribution in [0.1, 0.15) is 52.0 Å². The van der Waals surface area contributed by atoms with Crippen molar-refractivity contribution < 1.29 is 4.79 Å². The first kappa shape index (κ1) is 17.6. The Balaban J connectivity index is 2.92. The van der Waals surface area contributed by atoms with Crippen LogP contribution in [-0.4, -0.2) is 28.9 Å². The third-order valence-corrected chi connectivity index (χ3v) is 4.09. The van der Waals surface area contributed by atoms with E-state index in [0.29, 0.717) is 19.6 Å². The van der Waals surface area contributed by atoms with Crippen LogP contribution in [-0.2, 0) is 11.3 Å². The molecule has 0 atom stereocenters. The van der Waals surface area contributed by atoms with Gasteiger partial charge in [-0.1, -0.05) is 26.7 Å². The fourth-order valence-electron chi connectivity index (χ4n) is 2.96. The monoisotopic (exact) mass is 291 g/mol. The molecular weight excluding hydrogens is 262 g/mol. The van der Waals surface area contributed by atoms with Crippen molar-refractivity contribution in [1.29, 1.82) is 0 Å². The van der Waals surface area contributed by atoms with E-state index in [-0.39, 0.29) is 5.91 Å². The fourth-order valence-corrected chi connectivity index (χ4v) is 2.96. The number of rotatable bonds is 9. The summed E-state index contributed by atoms with van der Waals surface area (Å²) >= 11 is 0. The molecule has 2 N–H and O–H groups in total. The predicted octanol–water partition coefficient (Wildman–Crippen LogP) is 2.98. The summed E-state index contributed by atoms with van der Waals surface area (Å²) in [6.07, 6.45) is 7.22. The molecule has 4 heteroatoms. The van der Waals surface area contributed by atoms with Gasteiger partial charge in [-0.3, -0.25) is 9.78 Å². The van der Waals surface area contributed by atoms with Crippen LogP contribution in [0.2, 0.25) is 0 Å². The van der Waals surface area contributed by atoms with Crippen molar-refractivity contribution in [2.24, 2.45) is 11.1 Å². The number of hydrogen-bond donors (Lipinski definition) is 1. The normalized spacial score (nSPS) is 11.4. The van der Waals surface area contributed by atoms with Crippen LogP contribution in [0.25, 0.3) is 0 Å². The summed E-state index contributed by atoms with van der Waals surface area (Å²) in [6, 6.07) is 3.92. The van der Waals surface area contributed by atoms with E-state index in [9.17, 15) is 4.79 Å². The zero-order chi connectivity index (χ0) is 15.7. The molecule has 0 aliphatic carbocycles. The number of hydrogen-bond acceptors (Lipinski definition) is 3. The minimum absolute atomic E-state index is 0.202. The van der Waals surface area contributed by atoms with E-state index in [1.807, 2.05) is 24.0 Å². The highest BCUT2D eigenvalue weighted by Crippen LogP contribution is 2.31. The quantitative estimate of drug-likeness (QED) is 0.761. The molecule has 0 fully saturated rings. The molecule has 0 aliphatic heterocycles. The molecule has 118 valence electrons. The Kier molecular flexibility index (Phi) is 7.37. The average Bonchev–Trinajstić information content (AvgIpc) is 2.52. The lowest BCUT2D eigenvalue weighted by Gasteiger charge is -2.36. The maximum atomic E-state index is 13.0. The zero-order valence-corrected chi connectivity index (χ0v) is 13.6. The van der Waals surface area contributed by atoms with Gasteiger partial charge in [0.2, 0.25) is 5.91 Å². The van der Waals surface area contributed by atoms with Crippen LogP contribution >= 0.6 is 0 Å². The Morgan fingerprint density at radius 3 is 2.19 bits per heavy atom. The second-order valence-corrected chi connectivity index (χ2v) is 5.66. The van der Waals surface area contributed by atoms with E-state index in [0.717, 1.165) is 31.2 Å². The molecular formula is C17H29N3O. The standard InChI is InChI=1S/C17H29N3O/c1-4-9-17(14-18,10-5-2)16(21)20(6-3)13-15-7-11-19-12-8-15/h7-8,11-12H,4-6,9-10,13-14,18H2,1-3H3. The molecule has 21 heavy (non-hydrogen) atoms. The van der Waals surface area contributed by atoms with Crippen LogP contribution in [0.3, 0.4) is 0 Å². The summed E-state index contributed by atoms with van der Waals surface area (Å²) in [5.74, 6) is 0.202. The van der Waals surface area contributed by atoms with Gasteiger partial charge in [0.25, 0.3) is 0 Å². The molecule has 0 aromatic carbocycles. The average molecular weight is 291 g/mol. The van der Waals surface area contributed by atoms with Crippen LogP contribution in [0, 0.1) is 5.41 Å². The number of carbonyl (C=O) groups excluding carboxylic acids is 1. The minimum atomic E-state index is -0.396. The number of aromatic nitrogens is 1. The van der Waals surface area contributed by atoms with E-state index >= 15 is 0 Å². The van der Waals surface area contributed by atoms with E-state index in [4.69, 9.17) is 5.73 Å². The summed E-state index contributed by atoms with van der Waals surface area (Å²) in [4.78, 5) is 19.0. The Morgan fingerprint density at radius 1 is 1.19 bits per heavy atom. The van der Waals surface area contributed by atoms with Crippen molar-refractivity contribution in [3.8, 4) is 0 Å². The van der Waals surface area contributed by atoms with Gasteiger partial charge in [0, 0.05) is 32.0 Å². The molecule has 0 saturated carbocycles. The van der Waals surface area contributed by atoms with Crippen LogP contribution in [0.15, 0.2) is 24.5 Å². The van der Waals surface area contributed by atoms with Crippen LogP contribution in [0.5, 0.6) is 0 Å². The Bertz CT molecular complexity index is 413. The van der Waals surface area contributed by atoms with E-state index in [1.165, 1.54) is 0 Å². The molecule has 1 rings (SSSR count). The molecule has 1 aromatic rings. The van der Waals surface area contributed by atoms with Crippen molar-refractivity contribution in [3.63, 3.8) is 0 Å². The maximum Gasteiger partial charge on any atom is 0.230 e. The first-order chi connectivity index (χ1) is 10.1. The van der Waals surface area contributed by atoms with Crippen molar-refractivity contribution in [2.75, 3.05) is 13.1 Å². The van der Waals surface area contributed by atoms with Gasteiger partial charge in [0.05, 0.1) is 5.41 Å². The highest BCUT2D eigenvalue weighted by atomic mass is 16.2. The van der Waals surface area contributed by atoms with Crippen molar-refractivity contribution in [3.05, 3.63) is 30.1 Å². The van der Waals surface area contributed by atoms with Gasteiger partial charge >= 0.3 is 0 Å². The van der Waals surface area contributed by atoms with Crippen LogP contribution < -0.4 is 5.73 Å². The third kappa shape index (κ3) is 4.53. The third-order valence-electron chi connectivity index (χ3n) is 4.09. The lowest BCUT2D eigenvalue weighted by atomic mass is 9.77. The number of carbonyl (C=O) groups is 1. The Morgan fingerprint density at radius 2 is 1.76 bits per heavy atom. The second-order valence-electron chi connectivity index (χ2n) is 5.66. The van der Waals surface area contributed by atoms with Gasteiger partial charge in [0.1, 0.15) is 0 Å². The molecule has 0 spiro atoms. The number of nitrogens with zero attached hydrogens (tertiary/aromatic N) is 2.